The first-order valence-electron chi connectivity index (χ1n) is 11.0. The van der Waals surface area contributed by atoms with Crippen LogP contribution in [0.4, 0.5) is 0 Å². The molecular weight excluding hydrogens is 446 g/mol. The quantitative estimate of drug-likeness (QED) is 0.0943. The van der Waals surface area contributed by atoms with Crippen molar-refractivity contribution < 1.29 is 24.3 Å². The molecule has 10 N–H and O–H groups in total. The number of hydrogen-bond donors (Lipinski definition) is 7. The van der Waals surface area contributed by atoms with Crippen LogP contribution in [-0.2, 0) is 25.6 Å². The Bertz CT molecular complexity index is 883. The lowest BCUT2D eigenvalue weighted by molar-refractivity contribution is -0.149. The molecule has 0 bridgehead atoms. The minimum absolute atomic E-state index is 0.0840. The van der Waals surface area contributed by atoms with Gasteiger partial charge >= 0.3 is 5.97 Å². The molecule has 0 aliphatic carbocycles. The van der Waals surface area contributed by atoms with Gasteiger partial charge in [-0.1, -0.05) is 0 Å². The zero-order valence-electron chi connectivity index (χ0n) is 19.1. The molecule has 0 radical (unpaired) electrons. The third-order valence-electron chi connectivity index (χ3n) is 5.41. The second-order valence-electron chi connectivity index (χ2n) is 8.17. The number of aromatic nitrogens is 2. The molecule has 4 atom stereocenters. The lowest BCUT2D eigenvalue weighted by Gasteiger charge is -2.28. The van der Waals surface area contributed by atoms with Crippen molar-refractivity contribution in [2.75, 3.05) is 13.1 Å². The number of carbonyl (C=O) groups is 4. The first-order valence-corrected chi connectivity index (χ1v) is 11.0. The van der Waals surface area contributed by atoms with Crippen molar-refractivity contribution >= 4 is 29.7 Å². The predicted molar refractivity (Wildman–Crippen MR) is 122 cm³/mol. The average Bonchev–Trinajstić information content (AvgIpc) is 3.46. The fraction of sp³-hybridized carbons (Fsp3) is 0.600. The van der Waals surface area contributed by atoms with Gasteiger partial charge in [0.25, 0.3) is 0 Å². The van der Waals surface area contributed by atoms with Crippen molar-refractivity contribution in [3.8, 4) is 0 Å². The van der Waals surface area contributed by atoms with E-state index in [0.717, 1.165) is 0 Å². The van der Waals surface area contributed by atoms with Crippen LogP contribution in [0.15, 0.2) is 17.5 Å². The number of guanidine groups is 1. The van der Waals surface area contributed by atoms with Crippen LogP contribution in [0.1, 0.15) is 38.3 Å². The number of aliphatic carboxylic acids is 1. The Morgan fingerprint density at radius 1 is 1.26 bits per heavy atom. The summed E-state index contributed by atoms with van der Waals surface area (Å²) in [4.78, 5) is 62.1. The van der Waals surface area contributed by atoms with Crippen LogP contribution >= 0.6 is 0 Å². The van der Waals surface area contributed by atoms with Crippen LogP contribution in [0.25, 0.3) is 0 Å². The number of carbonyl (C=O) groups excluding carboxylic acids is 3. The predicted octanol–water partition coefficient (Wildman–Crippen LogP) is -2.60. The van der Waals surface area contributed by atoms with Crippen LogP contribution in [0.5, 0.6) is 0 Å². The molecule has 0 saturated carbocycles. The number of hydrogen-bond acceptors (Lipinski definition) is 7. The van der Waals surface area contributed by atoms with Crippen LogP contribution in [0.3, 0.4) is 0 Å². The van der Waals surface area contributed by atoms with E-state index in [-0.39, 0.29) is 31.9 Å². The number of imidazole rings is 1. The number of nitrogens with zero attached hydrogens (tertiary/aromatic N) is 3. The maximum Gasteiger partial charge on any atom is 0.326 e. The van der Waals surface area contributed by atoms with Crippen molar-refractivity contribution in [1.82, 2.24) is 25.5 Å². The van der Waals surface area contributed by atoms with Gasteiger partial charge in [0.2, 0.25) is 17.7 Å². The number of carboxylic acids is 1. The molecule has 14 nitrogen and oxygen atoms in total. The SMILES string of the molecule is CC(N)C(=O)NC(Cc1cnc[nH]1)C(=O)NC(CCCN=C(N)N)C(=O)N1CCCC1C(=O)O. The minimum Gasteiger partial charge on any atom is -0.480 e. The summed E-state index contributed by atoms with van der Waals surface area (Å²) < 4.78 is 0. The van der Waals surface area contributed by atoms with Crippen molar-refractivity contribution in [3.05, 3.63) is 18.2 Å². The molecule has 2 heterocycles. The number of aliphatic imine (C=N–C) groups is 1. The number of rotatable bonds is 12. The summed E-state index contributed by atoms with van der Waals surface area (Å²) in [6.45, 7) is 1.98. The summed E-state index contributed by atoms with van der Waals surface area (Å²) in [6, 6.07) is -3.88. The average molecular weight is 480 g/mol. The molecule has 1 saturated heterocycles. The normalized spacial score (nSPS) is 17.9. The van der Waals surface area contributed by atoms with Crippen molar-refractivity contribution in [3.63, 3.8) is 0 Å². The molecule has 3 amide bonds. The monoisotopic (exact) mass is 479 g/mol. The lowest BCUT2D eigenvalue weighted by atomic mass is 10.1. The van der Waals surface area contributed by atoms with Crippen LogP contribution in [0.2, 0.25) is 0 Å². The highest BCUT2D eigenvalue weighted by atomic mass is 16.4. The van der Waals surface area contributed by atoms with Gasteiger partial charge in [-0.15, -0.1) is 0 Å². The molecule has 34 heavy (non-hydrogen) atoms. The minimum atomic E-state index is -1.10. The van der Waals surface area contributed by atoms with Crippen LogP contribution < -0.4 is 27.8 Å². The zero-order valence-corrected chi connectivity index (χ0v) is 19.1. The summed E-state index contributed by atoms with van der Waals surface area (Å²) in [6.07, 6.45) is 4.44. The maximum absolute atomic E-state index is 13.2. The van der Waals surface area contributed by atoms with Gasteiger partial charge in [0.05, 0.1) is 12.4 Å². The number of carboxylic acid groups (broad SMARTS) is 1. The molecule has 1 fully saturated rings. The highest BCUT2D eigenvalue weighted by molar-refractivity contribution is 5.94. The lowest BCUT2D eigenvalue weighted by Crippen LogP contribution is -2.57. The van der Waals surface area contributed by atoms with E-state index in [1.165, 1.54) is 24.3 Å². The molecule has 188 valence electrons. The number of H-pyrrole nitrogens is 1. The first kappa shape index (κ1) is 26.6. The van der Waals surface area contributed by atoms with E-state index in [2.05, 4.69) is 25.6 Å². The summed E-state index contributed by atoms with van der Waals surface area (Å²) in [5.41, 5.74) is 16.9. The van der Waals surface area contributed by atoms with Crippen molar-refractivity contribution in [2.45, 2.75) is 63.2 Å². The second-order valence-corrected chi connectivity index (χ2v) is 8.17. The van der Waals surface area contributed by atoms with Gasteiger partial charge in [-0.05, 0) is 32.6 Å². The number of amides is 3. The van der Waals surface area contributed by atoms with Gasteiger partial charge in [0.1, 0.15) is 18.1 Å². The number of nitrogens with two attached hydrogens (primary N) is 3. The van der Waals surface area contributed by atoms with Gasteiger partial charge in [0, 0.05) is 31.4 Å². The van der Waals surface area contributed by atoms with E-state index in [1.807, 2.05) is 0 Å². The highest BCUT2D eigenvalue weighted by Gasteiger charge is 2.38. The van der Waals surface area contributed by atoms with E-state index >= 15 is 0 Å². The Kier molecular flexibility index (Phi) is 9.79. The van der Waals surface area contributed by atoms with Crippen molar-refractivity contribution in [2.24, 2.45) is 22.2 Å². The molecule has 1 aliphatic rings. The first-order chi connectivity index (χ1) is 16.1. The Labute approximate surface area is 196 Å². The van der Waals surface area contributed by atoms with Gasteiger partial charge in [-0.2, -0.15) is 0 Å². The highest BCUT2D eigenvalue weighted by Crippen LogP contribution is 2.20. The van der Waals surface area contributed by atoms with E-state index < -0.39 is 47.9 Å². The summed E-state index contributed by atoms with van der Waals surface area (Å²) >= 11 is 0. The topological polar surface area (TPSA) is 235 Å². The third-order valence-corrected chi connectivity index (χ3v) is 5.41. The number of likely N-dealkylation sites (tertiary alicyclic amines) is 1. The Balaban J connectivity index is 2.19. The summed E-state index contributed by atoms with van der Waals surface area (Å²) in [5, 5.41) is 14.7. The second kappa shape index (κ2) is 12.5. The summed E-state index contributed by atoms with van der Waals surface area (Å²) in [5.74, 6) is -2.87. The largest absolute Gasteiger partial charge is 0.480 e. The fourth-order valence-corrected chi connectivity index (χ4v) is 3.65. The van der Waals surface area contributed by atoms with Gasteiger partial charge < -0.3 is 42.8 Å². The van der Waals surface area contributed by atoms with E-state index in [9.17, 15) is 24.3 Å². The summed E-state index contributed by atoms with van der Waals surface area (Å²) in [7, 11) is 0. The molecule has 1 aromatic heterocycles. The van der Waals surface area contributed by atoms with Crippen molar-refractivity contribution in [1.29, 1.82) is 0 Å². The Hall–Kier alpha value is -3.68. The molecule has 1 aliphatic heterocycles. The molecule has 14 heteroatoms. The zero-order chi connectivity index (χ0) is 25.3. The van der Waals surface area contributed by atoms with E-state index in [4.69, 9.17) is 17.2 Å². The molecule has 4 unspecified atom stereocenters. The van der Waals surface area contributed by atoms with Gasteiger partial charge in [0.15, 0.2) is 5.96 Å². The van der Waals surface area contributed by atoms with Crippen LogP contribution in [0, 0.1) is 0 Å². The molecule has 0 aromatic carbocycles. The number of aromatic amines is 1. The van der Waals surface area contributed by atoms with Gasteiger partial charge in [-0.3, -0.25) is 19.4 Å². The third kappa shape index (κ3) is 7.72. The Morgan fingerprint density at radius 3 is 2.56 bits per heavy atom. The van der Waals surface area contributed by atoms with E-state index in [1.54, 1.807) is 0 Å². The number of nitrogens with one attached hydrogen (secondary N) is 3. The van der Waals surface area contributed by atoms with Gasteiger partial charge in [-0.25, -0.2) is 9.78 Å². The standard InChI is InChI=1S/C20H33N9O5/c1-11(21)16(30)28-14(8-12-9-24-10-26-12)17(31)27-13(4-2-6-25-20(22)23)18(32)29-7-3-5-15(29)19(33)34/h9-11,13-15H,2-8,21H2,1H3,(H,24,26)(H,27,31)(H,28,30)(H,33,34)(H4,22,23,25). The van der Waals surface area contributed by atoms with Crippen LogP contribution in [-0.4, -0.2) is 86.9 Å². The molecule has 0 spiro atoms. The smallest absolute Gasteiger partial charge is 0.326 e. The van der Waals surface area contributed by atoms with E-state index in [0.29, 0.717) is 25.0 Å². The fourth-order valence-electron chi connectivity index (χ4n) is 3.65. The molecular formula is C20H33N9O5. The molecule has 2 rings (SSSR count). The molecule has 1 aromatic rings. The maximum atomic E-state index is 13.2. The Morgan fingerprint density at radius 2 is 1.97 bits per heavy atom.